The lowest BCUT2D eigenvalue weighted by Crippen LogP contribution is -2.62. The van der Waals surface area contributed by atoms with Crippen molar-refractivity contribution in [2.45, 2.75) is 240 Å². The second-order valence-electron chi connectivity index (χ2n) is 33.0. The number of hydrazine groups is 1. The van der Waals surface area contributed by atoms with Crippen LogP contribution in [-0.4, -0.2) is 318 Å². The van der Waals surface area contributed by atoms with E-state index in [2.05, 4.69) is 69.2 Å². The van der Waals surface area contributed by atoms with E-state index in [0.717, 1.165) is 0 Å². The second-order valence-corrected chi connectivity index (χ2v) is 33.0. The molecule has 0 bridgehead atoms. The molecule has 3 aromatic carbocycles. The predicted molar refractivity (Wildman–Crippen MR) is 484 cm³/mol. The molecule has 52 nitrogen and oxygen atoms in total. The molecular weight excluding hydrogens is 1810 g/mol. The maximum absolute atomic E-state index is 14.7. The molecule has 0 aliphatic heterocycles. The summed E-state index contributed by atoms with van der Waals surface area (Å²) < 4.78 is 0. The SMILES string of the molecule is CC(C)CC(NC(=O)[C@H](CO)NC(=O)C(CC(N)=O)NC(=O)[C@H](CO)NC(=O)C(CO)NC(=O)[C@H](CC(=O)O)NC(=O)C(CC(=O)O)NC(=O)[C@H](Cc1ccccc1)NC(=O)C(Cc1ccc(O)cc1)NC(=O)[C@@H](NN)[C@@H](C)O)C(=O)N[C@@H](CC(C)C)C(=O)NC(CCCCN)C(=O)N[C@@H](CCCCN)C(=O)NC(Cc1ccc(O)cc1)C(=O)N[C@@H](CCCNC(=N)N)C(=O)NC(CO)C(=O)O. The number of guanidine groups is 1. The van der Waals surface area contributed by atoms with Crippen LogP contribution < -0.4 is 119 Å². The Balaban J connectivity index is 1.90. The second kappa shape index (κ2) is 61.2. The number of aliphatic hydroxyl groups is 5. The summed E-state index contributed by atoms with van der Waals surface area (Å²) >= 11 is 0. The molecule has 3 rings (SSSR count). The average molecular weight is 1940 g/mol. The molecule has 0 aliphatic rings. The molecule has 17 atom stereocenters. The van der Waals surface area contributed by atoms with Gasteiger partial charge in [0, 0.05) is 25.8 Å². The zero-order valence-corrected chi connectivity index (χ0v) is 76.4. The van der Waals surface area contributed by atoms with Gasteiger partial charge in [-0.1, -0.05) is 82.3 Å². The van der Waals surface area contributed by atoms with Gasteiger partial charge < -0.3 is 159 Å². The number of amides is 16. The molecule has 0 fully saturated rings. The van der Waals surface area contributed by atoms with Crippen LogP contribution in [0.3, 0.4) is 0 Å². The molecular formula is C85H131N23O29. The monoisotopic (exact) mass is 1940 g/mol. The number of aliphatic carboxylic acids is 3. The number of nitrogens with two attached hydrogens (primary N) is 5. The zero-order chi connectivity index (χ0) is 103. The van der Waals surface area contributed by atoms with Crippen LogP contribution in [0, 0.1) is 17.2 Å². The minimum atomic E-state index is -2.32. The van der Waals surface area contributed by atoms with Crippen molar-refractivity contribution in [3.8, 4) is 11.5 Å². The molecule has 137 heavy (non-hydrogen) atoms. The number of benzene rings is 3. The van der Waals surface area contributed by atoms with Crippen molar-refractivity contribution in [1.82, 2.24) is 90.5 Å². The summed E-state index contributed by atoms with van der Waals surface area (Å²) in [5, 5.41) is 145. The highest BCUT2D eigenvalue weighted by atomic mass is 16.4. The number of aromatic hydroxyl groups is 2. The fraction of sp³-hybridized carbons (Fsp3) is 0.553. The van der Waals surface area contributed by atoms with Crippen molar-refractivity contribution >= 4 is 118 Å². The van der Waals surface area contributed by atoms with E-state index >= 15 is 0 Å². The van der Waals surface area contributed by atoms with Crippen molar-refractivity contribution in [3.05, 3.63) is 95.6 Å². The standard InChI is InChI=1S/C85H131N23O29/c1-42(2)30-53(72(124)94-50(16-9-11-27-86)69(121)93-51(17-10-12-28-87)70(122)98-56(33-46-19-23-48(114)24-20-46)74(126)95-52(18-13-29-92-85(89)90)71(123)107-64(41-112)84(136)137)96-73(125)54(31-43(3)4)97-80(132)61(38-109)104-77(129)58(35-65(88)116)100-81(133)62(39-110)106-82(134)63(40-111)105-79(131)60(37-67(119)120)102-78(130)59(36-66(117)118)101-75(127)55(32-45-14-7-6-8-15-45)99-76(128)57(34-47-21-25-49(115)26-22-47)103-83(135)68(108-91)44(5)113/h6-8,14-15,19-26,42-44,50-64,68,108-115H,9-13,16-18,27-41,86-87,91H2,1-5H3,(H2,88,116)(H,93,121)(H,94,124)(H,95,126)(H,96,125)(H,97,132)(H,98,122)(H,99,128)(H,100,133)(H,101,127)(H,102,130)(H,103,135)(H,104,129)(H,105,131)(H,106,134)(H,107,123)(H,117,118)(H,119,120)(H,136,137)(H4,89,90,92)/t44-,50?,51+,52+,53+,54?,55+,56?,57?,58?,59?,60+,61+,62+,63?,64?,68+/m1/s1. The number of carboxylic acid groups (broad SMARTS) is 3. The molecule has 52 heteroatoms. The number of aliphatic hydroxyl groups excluding tert-OH is 5. The molecule has 16 amide bonds. The lowest BCUT2D eigenvalue weighted by Gasteiger charge is -2.29. The van der Waals surface area contributed by atoms with E-state index < -0.39 is 285 Å². The number of hydrogen-bond donors (Lipinski definition) is 33. The summed E-state index contributed by atoms with van der Waals surface area (Å²) in [7, 11) is 0. The Morgan fingerprint density at radius 1 is 0.328 bits per heavy atom. The van der Waals surface area contributed by atoms with Gasteiger partial charge in [0.05, 0.1) is 51.8 Å². The van der Waals surface area contributed by atoms with Gasteiger partial charge in [-0.2, -0.15) is 0 Å². The van der Waals surface area contributed by atoms with Crippen molar-refractivity contribution in [1.29, 1.82) is 5.41 Å². The highest BCUT2D eigenvalue weighted by Gasteiger charge is 2.41. The Kier molecular flexibility index (Phi) is 52.4. The van der Waals surface area contributed by atoms with Crippen molar-refractivity contribution in [2.24, 2.45) is 40.6 Å². The average Bonchev–Trinajstić information content (AvgIpc) is 0.844. The van der Waals surface area contributed by atoms with Gasteiger partial charge in [0.2, 0.25) is 94.5 Å². The van der Waals surface area contributed by atoms with Crippen LogP contribution in [0.15, 0.2) is 78.9 Å². The number of carbonyl (C=O) groups is 19. The predicted octanol–water partition coefficient (Wildman–Crippen LogP) is -10.9. The number of rotatable bonds is 65. The van der Waals surface area contributed by atoms with Crippen molar-refractivity contribution in [3.63, 3.8) is 0 Å². The summed E-state index contributed by atoms with van der Waals surface area (Å²) in [4.78, 5) is 261. The minimum Gasteiger partial charge on any atom is -0.508 e. The van der Waals surface area contributed by atoms with E-state index in [1.165, 1.54) is 67.6 Å². The highest BCUT2D eigenvalue weighted by molar-refractivity contribution is 6.02. The van der Waals surface area contributed by atoms with Crippen LogP contribution in [-0.2, 0) is 110 Å². The number of phenolic OH excluding ortho intramolecular Hbond substituents is 2. The largest absolute Gasteiger partial charge is 0.508 e. The minimum absolute atomic E-state index is 0.00908. The first-order valence-corrected chi connectivity index (χ1v) is 43.9. The van der Waals surface area contributed by atoms with Gasteiger partial charge in [0.25, 0.3) is 0 Å². The summed E-state index contributed by atoms with van der Waals surface area (Å²) in [5.41, 5.74) is 25.7. The smallest absolute Gasteiger partial charge is 0.328 e. The Bertz CT molecular complexity index is 4540. The van der Waals surface area contributed by atoms with Gasteiger partial charge in [0.1, 0.15) is 108 Å². The lowest BCUT2D eigenvalue weighted by molar-refractivity contribution is -0.143. The molecule has 0 aromatic heterocycles. The van der Waals surface area contributed by atoms with E-state index in [-0.39, 0.29) is 95.3 Å². The van der Waals surface area contributed by atoms with Crippen LogP contribution >= 0.6 is 0 Å². The highest BCUT2D eigenvalue weighted by Crippen LogP contribution is 2.19. The van der Waals surface area contributed by atoms with Gasteiger partial charge in [-0.15, -0.1) is 0 Å². The number of primary amides is 1. The van der Waals surface area contributed by atoms with Crippen LogP contribution in [0.4, 0.5) is 0 Å². The summed E-state index contributed by atoms with van der Waals surface area (Å²) in [6.07, 6.45) is -5.96. The Morgan fingerprint density at radius 2 is 0.591 bits per heavy atom. The Labute approximate surface area is 787 Å². The van der Waals surface area contributed by atoms with E-state index in [9.17, 15) is 142 Å². The Morgan fingerprint density at radius 3 is 0.883 bits per heavy atom. The van der Waals surface area contributed by atoms with Crippen molar-refractivity contribution < 1.29 is 142 Å². The maximum Gasteiger partial charge on any atom is 0.328 e. The van der Waals surface area contributed by atoms with E-state index in [1.54, 1.807) is 45.9 Å². The van der Waals surface area contributed by atoms with Gasteiger partial charge in [-0.3, -0.25) is 97.6 Å². The molecule has 38 N–H and O–H groups in total. The molecule has 0 aliphatic carbocycles. The number of nitrogens with one attached hydrogen (secondary N) is 18. The summed E-state index contributed by atoms with van der Waals surface area (Å²) in [6, 6.07) is -10.5. The molecule has 0 saturated heterocycles. The molecule has 0 radical (unpaired) electrons. The van der Waals surface area contributed by atoms with Crippen LogP contribution in [0.2, 0.25) is 0 Å². The van der Waals surface area contributed by atoms with Crippen LogP contribution in [0.5, 0.6) is 11.5 Å². The van der Waals surface area contributed by atoms with Gasteiger partial charge in [-0.05, 0) is 137 Å². The van der Waals surface area contributed by atoms with Gasteiger partial charge in [-0.25, -0.2) is 10.2 Å². The van der Waals surface area contributed by atoms with Crippen molar-refractivity contribution in [2.75, 3.05) is 46.1 Å². The molecule has 0 heterocycles. The Hall–Kier alpha value is -13.9. The van der Waals surface area contributed by atoms with E-state index in [1.807, 2.05) is 21.3 Å². The van der Waals surface area contributed by atoms with E-state index in [0.29, 0.717) is 29.5 Å². The number of carbonyl (C=O) groups excluding carboxylic acids is 16. The normalized spacial score (nSPS) is 14.9. The third-order valence-electron chi connectivity index (χ3n) is 20.6. The third-order valence-corrected chi connectivity index (χ3v) is 20.6. The first-order chi connectivity index (χ1) is 64.7. The number of hydrogen-bond acceptors (Lipinski definition) is 31. The first kappa shape index (κ1) is 117. The van der Waals surface area contributed by atoms with Gasteiger partial charge in [0.15, 0.2) is 5.96 Å². The number of carboxylic acids is 3. The topological polar surface area (TPSA) is 885 Å². The molecule has 0 spiro atoms. The van der Waals surface area contributed by atoms with Gasteiger partial charge >= 0.3 is 17.9 Å². The molecule has 3 aromatic rings. The van der Waals surface area contributed by atoms with Crippen LogP contribution in [0.1, 0.15) is 135 Å². The summed E-state index contributed by atoms with van der Waals surface area (Å²) in [5.74, 6) is -21.0. The third kappa shape index (κ3) is 43.5. The first-order valence-electron chi connectivity index (χ1n) is 43.9. The number of unbranched alkanes of at least 4 members (excludes halogenated alkanes) is 2. The summed E-state index contributed by atoms with van der Waals surface area (Å²) in [6.45, 7) is 2.97. The molecule has 8 unspecified atom stereocenters. The van der Waals surface area contributed by atoms with Crippen LogP contribution in [0.25, 0.3) is 0 Å². The number of phenols is 2. The molecule has 0 saturated carbocycles. The fourth-order valence-electron chi connectivity index (χ4n) is 13.4. The maximum atomic E-state index is 14.7. The van der Waals surface area contributed by atoms with E-state index in [4.69, 9.17) is 34.2 Å². The molecule has 760 valence electrons. The quantitative estimate of drug-likeness (QED) is 0.00820. The zero-order valence-electron chi connectivity index (χ0n) is 76.4. The fourth-order valence-corrected chi connectivity index (χ4v) is 13.4. The lowest BCUT2D eigenvalue weighted by atomic mass is 9.99.